The van der Waals surface area contributed by atoms with Gasteiger partial charge in [0.15, 0.2) is 0 Å². The van der Waals surface area contributed by atoms with Crippen LogP contribution in [0.25, 0.3) is 0 Å². The number of rotatable bonds is 3. The normalized spacial score (nSPS) is 19.2. The van der Waals surface area contributed by atoms with Gasteiger partial charge >= 0.3 is 5.97 Å². The van der Waals surface area contributed by atoms with E-state index in [1.165, 1.54) is 12.3 Å². The number of pyridine rings is 1. The lowest BCUT2D eigenvalue weighted by Crippen LogP contribution is -2.32. The highest BCUT2D eigenvalue weighted by Crippen LogP contribution is 2.21. The number of aromatic nitrogens is 1. The van der Waals surface area contributed by atoms with Crippen molar-refractivity contribution < 1.29 is 14.6 Å². The maximum absolute atomic E-state index is 11.0. The number of ether oxygens (including phenoxy) is 1. The molecule has 0 spiro atoms. The summed E-state index contributed by atoms with van der Waals surface area (Å²) in [5, 5.41) is 8.99. The van der Waals surface area contributed by atoms with Gasteiger partial charge in [0, 0.05) is 13.7 Å². The SMILES string of the molecule is CN(c1cc(C(=O)O)c(N)cn1)C1CCOC1. The molecular weight excluding hydrogens is 222 g/mol. The Balaban J connectivity index is 2.26. The number of anilines is 2. The number of carbonyl (C=O) groups is 1. The number of aromatic carboxylic acids is 1. The number of nitrogens with zero attached hydrogens (tertiary/aromatic N) is 2. The Morgan fingerprint density at radius 2 is 2.47 bits per heavy atom. The quantitative estimate of drug-likeness (QED) is 0.799. The molecule has 0 amide bonds. The van der Waals surface area contributed by atoms with E-state index in [2.05, 4.69) is 4.98 Å². The molecular formula is C11H15N3O3. The van der Waals surface area contributed by atoms with Crippen LogP contribution < -0.4 is 10.6 Å². The van der Waals surface area contributed by atoms with E-state index in [1.54, 1.807) is 0 Å². The second-order valence-electron chi connectivity index (χ2n) is 4.06. The highest BCUT2D eigenvalue weighted by atomic mass is 16.5. The second-order valence-corrected chi connectivity index (χ2v) is 4.06. The van der Waals surface area contributed by atoms with Crippen LogP contribution in [-0.4, -0.2) is 42.4 Å². The maximum atomic E-state index is 11.0. The maximum Gasteiger partial charge on any atom is 0.337 e. The van der Waals surface area contributed by atoms with Gasteiger partial charge in [-0.1, -0.05) is 0 Å². The summed E-state index contributed by atoms with van der Waals surface area (Å²) < 4.78 is 5.29. The van der Waals surface area contributed by atoms with E-state index in [0.29, 0.717) is 12.4 Å². The van der Waals surface area contributed by atoms with E-state index in [4.69, 9.17) is 15.6 Å². The molecule has 0 aromatic carbocycles. The van der Waals surface area contributed by atoms with Crippen molar-refractivity contribution >= 4 is 17.5 Å². The Morgan fingerprint density at radius 1 is 1.71 bits per heavy atom. The molecule has 17 heavy (non-hydrogen) atoms. The smallest absolute Gasteiger partial charge is 0.337 e. The average molecular weight is 237 g/mol. The molecule has 2 rings (SSSR count). The van der Waals surface area contributed by atoms with Crippen LogP contribution in [0.3, 0.4) is 0 Å². The number of hydrogen-bond donors (Lipinski definition) is 2. The Kier molecular flexibility index (Phi) is 3.14. The molecule has 1 fully saturated rings. The van der Waals surface area contributed by atoms with E-state index in [9.17, 15) is 4.79 Å². The van der Waals surface area contributed by atoms with Crippen LogP contribution in [0.5, 0.6) is 0 Å². The second kappa shape index (κ2) is 4.58. The Hall–Kier alpha value is -1.82. The van der Waals surface area contributed by atoms with Gasteiger partial charge in [-0.25, -0.2) is 9.78 Å². The summed E-state index contributed by atoms with van der Waals surface area (Å²) in [5.74, 6) is -0.436. The van der Waals surface area contributed by atoms with Gasteiger partial charge in [0.25, 0.3) is 0 Å². The molecule has 0 saturated carbocycles. The first kappa shape index (κ1) is 11.7. The molecule has 1 aromatic heterocycles. The van der Waals surface area contributed by atoms with Gasteiger partial charge in [0.2, 0.25) is 0 Å². The molecule has 1 aliphatic heterocycles. The molecule has 2 heterocycles. The first-order chi connectivity index (χ1) is 8.09. The molecule has 1 atom stereocenters. The molecule has 1 unspecified atom stereocenters. The first-order valence-corrected chi connectivity index (χ1v) is 5.39. The number of nitrogens with two attached hydrogens (primary N) is 1. The summed E-state index contributed by atoms with van der Waals surface area (Å²) in [6.07, 6.45) is 2.30. The summed E-state index contributed by atoms with van der Waals surface area (Å²) in [6, 6.07) is 1.74. The minimum Gasteiger partial charge on any atom is -0.478 e. The van der Waals surface area contributed by atoms with Gasteiger partial charge in [-0.15, -0.1) is 0 Å². The van der Waals surface area contributed by atoms with Crippen LogP contribution in [0.4, 0.5) is 11.5 Å². The van der Waals surface area contributed by atoms with Gasteiger partial charge in [-0.05, 0) is 12.5 Å². The molecule has 6 heteroatoms. The van der Waals surface area contributed by atoms with Crippen LogP contribution >= 0.6 is 0 Å². The zero-order valence-corrected chi connectivity index (χ0v) is 9.59. The topological polar surface area (TPSA) is 88.7 Å². The van der Waals surface area contributed by atoms with Crippen LogP contribution in [0.2, 0.25) is 0 Å². The van der Waals surface area contributed by atoms with Gasteiger partial charge in [0.05, 0.1) is 30.1 Å². The minimum atomic E-state index is -1.04. The molecule has 0 bridgehead atoms. The third-order valence-corrected chi connectivity index (χ3v) is 2.97. The lowest BCUT2D eigenvalue weighted by molar-refractivity contribution is 0.0698. The third kappa shape index (κ3) is 2.31. The fourth-order valence-corrected chi connectivity index (χ4v) is 1.85. The number of carboxylic acid groups (broad SMARTS) is 1. The highest BCUT2D eigenvalue weighted by Gasteiger charge is 2.22. The highest BCUT2D eigenvalue weighted by molar-refractivity contribution is 5.94. The summed E-state index contributed by atoms with van der Waals surface area (Å²) in [4.78, 5) is 17.0. The monoisotopic (exact) mass is 237 g/mol. The summed E-state index contributed by atoms with van der Waals surface area (Å²) in [5.41, 5.74) is 5.82. The summed E-state index contributed by atoms with van der Waals surface area (Å²) >= 11 is 0. The van der Waals surface area contributed by atoms with Crippen molar-refractivity contribution in [3.05, 3.63) is 17.8 Å². The lowest BCUT2D eigenvalue weighted by Gasteiger charge is -2.24. The number of carboxylic acids is 1. The fraction of sp³-hybridized carbons (Fsp3) is 0.455. The molecule has 1 saturated heterocycles. The predicted molar refractivity (Wildman–Crippen MR) is 63.2 cm³/mol. The molecule has 3 N–H and O–H groups in total. The van der Waals surface area contributed by atoms with Crippen molar-refractivity contribution in [1.82, 2.24) is 4.98 Å². The summed E-state index contributed by atoms with van der Waals surface area (Å²) in [7, 11) is 1.88. The Bertz CT molecular complexity index is 430. The summed E-state index contributed by atoms with van der Waals surface area (Å²) in [6.45, 7) is 1.38. The molecule has 92 valence electrons. The van der Waals surface area contributed by atoms with Gasteiger partial charge in [-0.2, -0.15) is 0 Å². The number of hydrogen-bond acceptors (Lipinski definition) is 5. The average Bonchev–Trinajstić information content (AvgIpc) is 2.81. The van der Waals surface area contributed by atoms with Crippen molar-refractivity contribution in [1.29, 1.82) is 0 Å². The van der Waals surface area contributed by atoms with E-state index in [1.807, 2.05) is 11.9 Å². The van der Waals surface area contributed by atoms with Gasteiger partial charge in [0.1, 0.15) is 5.82 Å². The molecule has 6 nitrogen and oxygen atoms in total. The first-order valence-electron chi connectivity index (χ1n) is 5.39. The van der Waals surface area contributed by atoms with Crippen molar-refractivity contribution in [2.75, 3.05) is 30.9 Å². The van der Waals surface area contributed by atoms with Crippen LogP contribution in [-0.2, 0) is 4.74 Å². The molecule has 0 radical (unpaired) electrons. The van der Waals surface area contributed by atoms with Crippen molar-refractivity contribution in [3.8, 4) is 0 Å². The largest absolute Gasteiger partial charge is 0.478 e. The number of likely N-dealkylation sites (N-methyl/N-ethyl adjacent to an activating group) is 1. The van der Waals surface area contributed by atoms with Crippen LogP contribution in [0.1, 0.15) is 16.8 Å². The van der Waals surface area contributed by atoms with E-state index < -0.39 is 5.97 Å². The van der Waals surface area contributed by atoms with Crippen molar-refractivity contribution in [3.63, 3.8) is 0 Å². The van der Waals surface area contributed by atoms with Gasteiger partial charge < -0.3 is 20.5 Å². The molecule has 0 aliphatic carbocycles. The zero-order chi connectivity index (χ0) is 12.4. The minimum absolute atomic E-state index is 0.0840. The van der Waals surface area contributed by atoms with Crippen LogP contribution in [0, 0.1) is 0 Å². The number of nitrogen functional groups attached to an aromatic ring is 1. The fourth-order valence-electron chi connectivity index (χ4n) is 1.85. The van der Waals surface area contributed by atoms with Crippen molar-refractivity contribution in [2.45, 2.75) is 12.5 Å². The van der Waals surface area contributed by atoms with E-state index >= 15 is 0 Å². The third-order valence-electron chi connectivity index (χ3n) is 2.97. The molecule has 1 aliphatic rings. The Morgan fingerprint density at radius 3 is 3.06 bits per heavy atom. The molecule has 1 aromatic rings. The van der Waals surface area contributed by atoms with Crippen LogP contribution in [0.15, 0.2) is 12.3 Å². The predicted octanol–water partition coefficient (Wildman–Crippen LogP) is 0.587. The lowest BCUT2D eigenvalue weighted by atomic mass is 10.2. The van der Waals surface area contributed by atoms with Gasteiger partial charge in [-0.3, -0.25) is 0 Å². The van der Waals surface area contributed by atoms with E-state index in [0.717, 1.165) is 13.0 Å². The standard InChI is InChI=1S/C11H15N3O3/c1-14(7-2-3-17-6-7)10-4-8(11(15)16)9(12)5-13-10/h4-5,7H,2-3,6,12H2,1H3,(H,15,16). The zero-order valence-electron chi connectivity index (χ0n) is 9.59. The van der Waals surface area contributed by atoms with Crippen molar-refractivity contribution in [2.24, 2.45) is 0 Å². The van der Waals surface area contributed by atoms with E-state index in [-0.39, 0.29) is 17.3 Å². The Labute approximate surface area is 99.0 Å².